The van der Waals surface area contributed by atoms with E-state index in [2.05, 4.69) is 54.7 Å². The summed E-state index contributed by atoms with van der Waals surface area (Å²) in [5.41, 5.74) is 0.276. The van der Waals surface area contributed by atoms with Crippen molar-refractivity contribution in [3.63, 3.8) is 0 Å². The summed E-state index contributed by atoms with van der Waals surface area (Å²) in [5, 5.41) is 9.54. The molecule has 0 rings (SSSR count). The number of alkyl halides is 1. The van der Waals surface area contributed by atoms with E-state index in [1.165, 1.54) is 0 Å². The third-order valence-electron chi connectivity index (χ3n) is 2.18. The van der Waals surface area contributed by atoms with E-state index in [0.717, 1.165) is 11.9 Å². The molecule has 0 spiro atoms. The first kappa shape index (κ1) is 12.9. The molecule has 0 aliphatic carbocycles. The summed E-state index contributed by atoms with van der Waals surface area (Å²) < 4.78 is 0. The maximum atomic E-state index is 8.56. The number of hydrogen-bond donors (Lipinski definition) is 0. The monoisotopic (exact) mass is 246 g/mol. The Balaban J connectivity index is 4.00. The molecule has 3 heteroatoms. The second kappa shape index (κ2) is 5.62. The van der Waals surface area contributed by atoms with E-state index >= 15 is 0 Å². The molecule has 0 fully saturated rings. The van der Waals surface area contributed by atoms with Gasteiger partial charge in [0, 0.05) is 17.9 Å². The summed E-state index contributed by atoms with van der Waals surface area (Å²) in [4.78, 5) is 2.24. The minimum atomic E-state index is 0.276. The standard InChI is InChI=1S/C10H19BrN2/c1-9(5-6-12)13(4)8-10(2,3)7-11/h9H,5,7-8H2,1-4H3. The highest BCUT2D eigenvalue weighted by atomic mass is 79.9. The Hall–Kier alpha value is -0.0700. The van der Waals surface area contributed by atoms with E-state index in [4.69, 9.17) is 5.26 Å². The molecular formula is C10H19BrN2. The molecule has 0 aliphatic rings. The number of nitrogens with zero attached hydrogens (tertiary/aromatic N) is 2. The summed E-state index contributed by atoms with van der Waals surface area (Å²) in [6.07, 6.45) is 0.606. The van der Waals surface area contributed by atoms with Crippen molar-refractivity contribution in [1.82, 2.24) is 4.90 Å². The first-order chi connectivity index (χ1) is 5.93. The maximum Gasteiger partial charge on any atom is 0.0638 e. The Morgan fingerprint density at radius 3 is 2.46 bits per heavy atom. The normalized spacial score (nSPS) is 14.2. The zero-order valence-corrected chi connectivity index (χ0v) is 10.6. The van der Waals surface area contributed by atoms with Crippen LogP contribution in [0.1, 0.15) is 27.2 Å². The molecule has 0 heterocycles. The van der Waals surface area contributed by atoms with Crippen molar-refractivity contribution < 1.29 is 0 Å². The highest BCUT2D eigenvalue weighted by Gasteiger charge is 2.20. The van der Waals surface area contributed by atoms with Gasteiger partial charge in [0.1, 0.15) is 0 Å². The van der Waals surface area contributed by atoms with Gasteiger partial charge in [-0.3, -0.25) is 0 Å². The van der Waals surface area contributed by atoms with Crippen LogP contribution in [0.5, 0.6) is 0 Å². The summed E-state index contributed by atoms with van der Waals surface area (Å²) in [6.45, 7) is 7.54. The Morgan fingerprint density at radius 1 is 1.54 bits per heavy atom. The van der Waals surface area contributed by atoms with Crippen LogP contribution in [0.2, 0.25) is 0 Å². The van der Waals surface area contributed by atoms with Crippen molar-refractivity contribution in [2.24, 2.45) is 5.41 Å². The van der Waals surface area contributed by atoms with Gasteiger partial charge in [-0.25, -0.2) is 0 Å². The summed E-state index contributed by atoms with van der Waals surface area (Å²) in [7, 11) is 2.08. The van der Waals surface area contributed by atoms with Crippen molar-refractivity contribution in [3.05, 3.63) is 0 Å². The zero-order chi connectivity index (χ0) is 10.5. The van der Waals surface area contributed by atoms with Gasteiger partial charge in [-0.1, -0.05) is 29.8 Å². The highest BCUT2D eigenvalue weighted by molar-refractivity contribution is 9.09. The first-order valence-electron chi connectivity index (χ1n) is 4.56. The Labute approximate surface area is 90.0 Å². The van der Waals surface area contributed by atoms with Crippen LogP contribution < -0.4 is 0 Å². The van der Waals surface area contributed by atoms with Gasteiger partial charge in [0.15, 0.2) is 0 Å². The van der Waals surface area contributed by atoms with E-state index in [0.29, 0.717) is 12.5 Å². The van der Waals surface area contributed by atoms with Gasteiger partial charge in [0.2, 0.25) is 0 Å². The lowest BCUT2D eigenvalue weighted by Crippen LogP contribution is -2.37. The molecule has 0 saturated heterocycles. The summed E-state index contributed by atoms with van der Waals surface area (Å²) >= 11 is 3.50. The van der Waals surface area contributed by atoms with Crippen LogP contribution in [-0.4, -0.2) is 29.9 Å². The maximum absolute atomic E-state index is 8.56. The van der Waals surface area contributed by atoms with Crippen LogP contribution in [0.25, 0.3) is 0 Å². The Kier molecular flexibility index (Phi) is 5.59. The fourth-order valence-electron chi connectivity index (χ4n) is 1.16. The Morgan fingerprint density at radius 2 is 2.08 bits per heavy atom. The van der Waals surface area contributed by atoms with Gasteiger partial charge in [-0.15, -0.1) is 0 Å². The average Bonchev–Trinajstić information content (AvgIpc) is 2.04. The molecule has 0 radical (unpaired) electrons. The molecule has 0 aromatic heterocycles. The molecule has 0 saturated carbocycles. The first-order valence-corrected chi connectivity index (χ1v) is 5.68. The number of hydrogen-bond acceptors (Lipinski definition) is 2. The van der Waals surface area contributed by atoms with Crippen molar-refractivity contribution in [2.75, 3.05) is 18.9 Å². The van der Waals surface area contributed by atoms with Crippen molar-refractivity contribution in [1.29, 1.82) is 5.26 Å². The number of rotatable bonds is 5. The highest BCUT2D eigenvalue weighted by Crippen LogP contribution is 2.20. The fourth-order valence-corrected chi connectivity index (χ4v) is 1.34. The lowest BCUT2D eigenvalue weighted by molar-refractivity contribution is 0.187. The predicted molar refractivity (Wildman–Crippen MR) is 59.9 cm³/mol. The largest absolute Gasteiger partial charge is 0.302 e. The van der Waals surface area contributed by atoms with Crippen LogP contribution in [-0.2, 0) is 0 Å². The molecule has 0 N–H and O–H groups in total. The number of nitriles is 1. The van der Waals surface area contributed by atoms with E-state index in [1.807, 2.05) is 0 Å². The minimum absolute atomic E-state index is 0.276. The van der Waals surface area contributed by atoms with Crippen LogP contribution in [0.3, 0.4) is 0 Å². The molecule has 13 heavy (non-hydrogen) atoms. The summed E-state index contributed by atoms with van der Waals surface area (Å²) in [5.74, 6) is 0. The summed E-state index contributed by atoms with van der Waals surface area (Å²) in [6, 6.07) is 2.55. The molecule has 0 aliphatic heterocycles. The molecule has 0 aromatic rings. The van der Waals surface area contributed by atoms with Crippen LogP contribution >= 0.6 is 15.9 Å². The molecular weight excluding hydrogens is 228 g/mol. The molecule has 1 unspecified atom stereocenters. The second-order valence-electron chi connectivity index (χ2n) is 4.42. The van der Waals surface area contributed by atoms with Crippen molar-refractivity contribution in [3.8, 4) is 6.07 Å². The fraction of sp³-hybridized carbons (Fsp3) is 0.900. The molecule has 2 nitrogen and oxygen atoms in total. The molecule has 0 aromatic carbocycles. The third kappa shape index (κ3) is 5.28. The third-order valence-corrected chi connectivity index (χ3v) is 3.70. The molecule has 76 valence electrons. The van der Waals surface area contributed by atoms with E-state index < -0.39 is 0 Å². The molecule has 1 atom stereocenters. The quantitative estimate of drug-likeness (QED) is 0.698. The predicted octanol–water partition coefficient (Wildman–Crippen LogP) is 2.64. The SMILES string of the molecule is CC(CC#N)N(C)CC(C)(C)CBr. The van der Waals surface area contributed by atoms with Gasteiger partial charge in [0.25, 0.3) is 0 Å². The second-order valence-corrected chi connectivity index (χ2v) is 4.98. The lowest BCUT2D eigenvalue weighted by atomic mass is 9.95. The van der Waals surface area contributed by atoms with Crippen LogP contribution in [0, 0.1) is 16.7 Å². The van der Waals surface area contributed by atoms with Gasteiger partial charge < -0.3 is 4.90 Å². The van der Waals surface area contributed by atoms with E-state index in [-0.39, 0.29) is 5.41 Å². The lowest BCUT2D eigenvalue weighted by Gasteiger charge is -2.31. The Bertz CT molecular complexity index is 184. The smallest absolute Gasteiger partial charge is 0.0638 e. The van der Waals surface area contributed by atoms with Gasteiger partial charge >= 0.3 is 0 Å². The van der Waals surface area contributed by atoms with Crippen LogP contribution in [0.15, 0.2) is 0 Å². The van der Waals surface area contributed by atoms with E-state index in [1.54, 1.807) is 0 Å². The van der Waals surface area contributed by atoms with Gasteiger partial charge in [0.05, 0.1) is 12.5 Å². The van der Waals surface area contributed by atoms with Gasteiger partial charge in [-0.2, -0.15) is 5.26 Å². The minimum Gasteiger partial charge on any atom is -0.302 e. The average molecular weight is 247 g/mol. The molecule has 0 bridgehead atoms. The van der Waals surface area contributed by atoms with E-state index in [9.17, 15) is 0 Å². The van der Waals surface area contributed by atoms with Crippen LogP contribution in [0.4, 0.5) is 0 Å². The van der Waals surface area contributed by atoms with Crippen molar-refractivity contribution >= 4 is 15.9 Å². The van der Waals surface area contributed by atoms with Crippen molar-refractivity contribution in [2.45, 2.75) is 33.2 Å². The topological polar surface area (TPSA) is 27.0 Å². The number of halogens is 1. The van der Waals surface area contributed by atoms with Gasteiger partial charge in [-0.05, 0) is 19.4 Å². The zero-order valence-electron chi connectivity index (χ0n) is 8.97. The molecule has 0 amide bonds.